The average molecular weight is 304 g/mol. The van der Waals surface area contributed by atoms with Crippen LogP contribution in [0.15, 0.2) is 36.5 Å². The summed E-state index contributed by atoms with van der Waals surface area (Å²) in [5.74, 6) is -0.479. The molecule has 0 aromatic rings. The monoisotopic (exact) mass is 304 g/mol. The zero-order valence-electron chi connectivity index (χ0n) is 14.2. The van der Waals surface area contributed by atoms with Crippen molar-refractivity contribution in [3.8, 4) is 0 Å². The molecule has 1 rings (SSSR count). The molecule has 1 aliphatic carbocycles. The first-order valence-corrected chi connectivity index (χ1v) is 7.95. The van der Waals surface area contributed by atoms with Gasteiger partial charge in [0.05, 0.1) is 6.42 Å². The van der Waals surface area contributed by atoms with Crippen LogP contribution in [0.3, 0.4) is 0 Å². The summed E-state index contributed by atoms with van der Waals surface area (Å²) in [6.07, 6.45) is 9.89. The normalized spacial score (nSPS) is 18.3. The van der Waals surface area contributed by atoms with Gasteiger partial charge in [0.15, 0.2) is 0 Å². The number of hydrogen-bond donors (Lipinski definition) is 0. The molecule has 3 heteroatoms. The molecule has 0 aliphatic heterocycles. The molecule has 0 fully saturated rings. The number of ketones is 1. The highest BCUT2D eigenvalue weighted by Crippen LogP contribution is 2.39. The van der Waals surface area contributed by atoms with Crippen LogP contribution in [0.1, 0.15) is 47.0 Å². The molecular weight excluding hydrogens is 276 g/mol. The first-order valence-electron chi connectivity index (χ1n) is 7.95. The van der Waals surface area contributed by atoms with E-state index in [1.165, 1.54) is 6.92 Å². The zero-order valence-corrected chi connectivity index (χ0v) is 14.2. The number of allylic oxidation sites excluding steroid dienone is 4. The van der Waals surface area contributed by atoms with E-state index in [-0.39, 0.29) is 24.1 Å². The zero-order chi connectivity index (χ0) is 16.8. The Bertz CT molecular complexity index is 485. The molecule has 0 N–H and O–H groups in total. The summed E-state index contributed by atoms with van der Waals surface area (Å²) < 4.78 is 5.35. The Kier molecular flexibility index (Phi) is 6.79. The molecule has 0 amide bonds. The molecule has 0 saturated heterocycles. The van der Waals surface area contributed by atoms with Crippen LogP contribution in [0.4, 0.5) is 0 Å². The SMILES string of the molecule is C=CC(C)(C(C)C)C(CC(=O)OCC1=CC=CCC1)C(C)=O. The van der Waals surface area contributed by atoms with Gasteiger partial charge in [0, 0.05) is 5.92 Å². The van der Waals surface area contributed by atoms with Crippen LogP contribution >= 0.6 is 0 Å². The molecule has 22 heavy (non-hydrogen) atoms. The number of esters is 1. The molecule has 1 aliphatic rings. The third-order valence-electron chi connectivity index (χ3n) is 4.81. The number of ether oxygens (including phenoxy) is 1. The lowest BCUT2D eigenvalue weighted by atomic mass is 9.66. The van der Waals surface area contributed by atoms with Crippen LogP contribution in [0, 0.1) is 17.3 Å². The van der Waals surface area contributed by atoms with E-state index in [1.807, 2.05) is 32.9 Å². The molecule has 0 bridgehead atoms. The summed E-state index contributed by atoms with van der Waals surface area (Å²) in [7, 11) is 0. The molecule has 122 valence electrons. The number of Topliss-reactive ketones (excluding diaryl/α,β-unsaturated/α-hetero) is 1. The van der Waals surface area contributed by atoms with Gasteiger partial charge in [-0.25, -0.2) is 0 Å². The van der Waals surface area contributed by atoms with Crippen molar-refractivity contribution < 1.29 is 14.3 Å². The second kappa shape index (κ2) is 8.11. The van der Waals surface area contributed by atoms with Crippen molar-refractivity contribution in [1.82, 2.24) is 0 Å². The molecule has 0 aromatic heterocycles. The predicted molar refractivity (Wildman–Crippen MR) is 89.3 cm³/mol. The largest absolute Gasteiger partial charge is 0.461 e. The van der Waals surface area contributed by atoms with Gasteiger partial charge in [-0.1, -0.05) is 45.1 Å². The molecule has 0 heterocycles. The fraction of sp³-hybridized carbons (Fsp3) is 0.579. The average Bonchev–Trinajstić information content (AvgIpc) is 2.50. The van der Waals surface area contributed by atoms with E-state index in [2.05, 4.69) is 12.7 Å². The summed E-state index contributed by atoms with van der Waals surface area (Å²) >= 11 is 0. The van der Waals surface area contributed by atoms with E-state index in [4.69, 9.17) is 4.74 Å². The first-order chi connectivity index (χ1) is 10.3. The molecule has 2 unspecified atom stereocenters. The fourth-order valence-electron chi connectivity index (χ4n) is 2.75. The highest BCUT2D eigenvalue weighted by molar-refractivity contribution is 5.84. The van der Waals surface area contributed by atoms with Gasteiger partial charge < -0.3 is 4.74 Å². The summed E-state index contributed by atoms with van der Waals surface area (Å²) in [5, 5.41) is 0. The Hall–Kier alpha value is -1.64. The third-order valence-corrected chi connectivity index (χ3v) is 4.81. The van der Waals surface area contributed by atoms with Crippen molar-refractivity contribution in [3.05, 3.63) is 36.5 Å². The van der Waals surface area contributed by atoms with Gasteiger partial charge in [-0.05, 0) is 36.7 Å². The van der Waals surface area contributed by atoms with Crippen LogP contribution < -0.4 is 0 Å². The Balaban J connectivity index is 2.68. The smallest absolute Gasteiger partial charge is 0.306 e. The van der Waals surface area contributed by atoms with Gasteiger partial charge in [-0.2, -0.15) is 0 Å². The van der Waals surface area contributed by atoms with E-state index >= 15 is 0 Å². The minimum absolute atomic E-state index is 0.00728. The van der Waals surface area contributed by atoms with E-state index in [0.29, 0.717) is 6.61 Å². The van der Waals surface area contributed by atoms with E-state index in [0.717, 1.165) is 18.4 Å². The molecule has 0 saturated carbocycles. The van der Waals surface area contributed by atoms with Gasteiger partial charge in [-0.15, -0.1) is 6.58 Å². The minimum Gasteiger partial charge on any atom is -0.461 e. The quantitative estimate of drug-likeness (QED) is 0.497. The standard InChI is InChI=1S/C19H28O3/c1-6-19(5,14(2)3)17(15(4)20)12-18(21)22-13-16-10-8-7-9-11-16/h6-8,10,14,17H,1,9,11-13H2,2-5H3. The van der Waals surface area contributed by atoms with Crippen LogP contribution in [0.2, 0.25) is 0 Å². The molecule has 2 atom stereocenters. The van der Waals surface area contributed by atoms with Crippen LogP contribution in [0.5, 0.6) is 0 Å². The molecule has 0 radical (unpaired) electrons. The van der Waals surface area contributed by atoms with Crippen LogP contribution in [0.25, 0.3) is 0 Å². The first kappa shape index (κ1) is 18.4. The Morgan fingerprint density at radius 1 is 1.45 bits per heavy atom. The number of carbonyl (C=O) groups excluding carboxylic acids is 2. The van der Waals surface area contributed by atoms with E-state index < -0.39 is 11.3 Å². The van der Waals surface area contributed by atoms with Crippen LogP contribution in [-0.2, 0) is 14.3 Å². The van der Waals surface area contributed by atoms with Gasteiger partial charge in [0.25, 0.3) is 0 Å². The van der Waals surface area contributed by atoms with Crippen molar-refractivity contribution in [1.29, 1.82) is 0 Å². The predicted octanol–water partition coefficient (Wildman–Crippen LogP) is 4.25. The Labute approximate surface area is 134 Å². The number of hydrogen-bond acceptors (Lipinski definition) is 3. The second-order valence-corrected chi connectivity index (χ2v) is 6.54. The summed E-state index contributed by atoms with van der Waals surface area (Å²) in [6.45, 7) is 11.8. The van der Waals surface area contributed by atoms with Gasteiger partial charge >= 0.3 is 5.97 Å². The van der Waals surface area contributed by atoms with Crippen molar-refractivity contribution >= 4 is 11.8 Å². The minimum atomic E-state index is -0.405. The van der Waals surface area contributed by atoms with Crippen LogP contribution in [-0.4, -0.2) is 18.4 Å². The maximum absolute atomic E-state index is 12.1. The molecule has 0 aromatic carbocycles. The maximum Gasteiger partial charge on any atom is 0.306 e. The second-order valence-electron chi connectivity index (χ2n) is 6.54. The highest BCUT2D eigenvalue weighted by Gasteiger charge is 2.39. The lowest BCUT2D eigenvalue weighted by Gasteiger charge is -2.37. The maximum atomic E-state index is 12.1. The molecule has 3 nitrogen and oxygen atoms in total. The lowest BCUT2D eigenvalue weighted by molar-refractivity contribution is -0.147. The van der Waals surface area contributed by atoms with Gasteiger partial charge in [0.2, 0.25) is 0 Å². The van der Waals surface area contributed by atoms with Crippen molar-refractivity contribution in [3.63, 3.8) is 0 Å². The topological polar surface area (TPSA) is 43.4 Å². The Morgan fingerprint density at radius 2 is 2.14 bits per heavy atom. The third kappa shape index (κ3) is 4.69. The molecule has 0 spiro atoms. The Morgan fingerprint density at radius 3 is 2.59 bits per heavy atom. The summed E-state index contributed by atoms with van der Waals surface area (Å²) in [4.78, 5) is 24.2. The van der Waals surface area contributed by atoms with Gasteiger partial charge in [0.1, 0.15) is 12.4 Å². The van der Waals surface area contributed by atoms with E-state index in [1.54, 1.807) is 6.08 Å². The van der Waals surface area contributed by atoms with Crippen molar-refractivity contribution in [2.24, 2.45) is 17.3 Å². The number of carbonyl (C=O) groups is 2. The van der Waals surface area contributed by atoms with E-state index in [9.17, 15) is 9.59 Å². The highest BCUT2D eigenvalue weighted by atomic mass is 16.5. The summed E-state index contributed by atoms with van der Waals surface area (Å²) in [5.41, 5.74) is 0.711. The number of rotatable bonds is 8. The van der Waals surface area contributed by atoms with Gasteiger partial charge in [-0.3, -0.25) is 9.59 Å². The summed E-state index contributed by atoms with van der Waals surface area (Å²) in [6, 6.07) is 0. The van der Waals surface area contributed by atoms with Crippen molar-refractivity contribution in [2.45, 2.75) is 47.0 Å². The fourth-order valence-corrected chi connectivity index (χ4v) is 2.75. The lowest BCUT2D eigenvalue weighted by Crippen LogP contribution is -2.37. The molecular formula is C19H28O3. The van der Waals surface area contributed by atoms with Crippen molar-refractivity contribution in [2.75, 3.05) is 6.61 Å².